The van der Waals surface area contributed by atoms with Gasteiger partial charge in [0.25, 0.3) is 0 Å². The summed E-state index contributed by atoms with van der Waals surface area (Å²) < 4.78 is 26.8. The van der Waals surface area contributed by atoms with Gasteiger partial charge in [-0.3, -0.25) is 4.98 Å². The summed E-state index contributed by atoms with van der Waals surface area (Å²) in [5.41, 5.74) is 0. The highest BCUT2D eigenvalue weighted by molar-refractivity contribution is 6.57. The molecule has 0 bridgehead atoms. The molecule has 1 rings (SSSR count). The number of ether oxygens (including phenoxy) is 2. The molecule has 0 saturated carbocycles. The lowest BCUT2D eigenvalue weighted by atomic mass is 10.1. The van der Waals surface area contributed by atoms with Crippen LogP contribution in [0, 0.1) is 6.10 Å². The van der Waals surface area contributed by atoms with E-state index in [1.165, 1.54) is 0 Å². The maximum atomic E-state index is 5.77. The van der Waals surface area contributed by atoms with E-state index in [1.54, 1.807) is 21.3 Å². The van der Waals surface area contributed by atoms with Gasteiger partial charge in [0.05, 0.1) is 19.3 Å². The van der Waals surface area contributed by atoms with Gasteiger partial charge in [-0.05, 0) is 19.4 Å². The van der Waals surface area contributed by atoms with Crippen LogP contribution in [0.1, 0.15) is 26.2 Å². The van der Waals surface area contributed by atoms with Crippen molar-refractivity contribution in [3.05, 3.63) is 6.10 Å². The van der Waals surface area contributed by atoms with Crippen molar-refractivity contribution in [2.45, 2.75) is 32.3 Å². The Morgan fingerprint density at radius 1 is 1.21 bits per heavy atom. The first-order chi connectivity index (χ1) is 9.19. The van der Waals surface area contributed by atoms with Crippen LogP contribution in [0.15, 0.2) is 0 Å². The molecule has 0 aromatic rings. The highest BCUT2D eigenvalue weighted by atomic mass is 28.4. The molecule has 1 unspecified atom stereocenters. The molecule has 1 N–H and O–H groups in total. The molecule has 0 aromatic carbocycles. The van der Waals surface area contributed by atoms with E-state index in [0.29, 0.717) is 19.3 Å². The van der Waals surface area contributed by atoms with Gasteiger partial charge in [-0.25, -0.2) is 0 Å². The number of rotatable bonds is 12. The van der Waals surface area contributed by atoms with E-state index in [9.17, 15) is 0 Å². The fourth-order valence-electron chi connectivity index (χ4n) is 1.74. The number of hydrogen-bond donors (Lipinski definition) is 1. The maximum Gasteiger partial charge on any atom is 0.595 e. The first-order valence-electron chi connectivity index (χ1n) is 6.69. The van der Waals surface area contributed by atoms with Gasteiger partial charge in [0.2, 0.25) is 0 Å². The third-order valence-electron chi connectivity index (χ3n) is 2.96. The Morgan fingerprint density at radius 3 is 2.32 bits per heavy atom. The highest BCUT2D eigenvalue weighted by Gasteiger charge is 2.38. The van der Waals surface area contributed by atoms with Crippen molar-refractivity contribution in [2.75, 3.05) is 41.1 Å². The SMILES string of the molecule is CCC[C](CCN[Si](OC)(OC)OC)OCC1CO1. The molecule has 0 amide bonds. The fraction of sp³-hybridized carbons (Fsp3) is 0.917. The molecule has 7 heteroatoms. The molecule has 1 aliphatic heterocycles. The molecule has 6 nitrogen and oxygen atoms in total. The van der Waals surface area contributed by atoms with Gasteiger partial charge in [-0.15, -0.1) is 0 Å². The zero-order valence-corrected chi connectivity index (χ0v) is 13.4. The van der Waals surface area contributed by atoms with Crippen molar-refractivity contribution in [1.29, 1.82) is 0 Å². The van der Waals surface area contributed by atoms with Crippen LogP contribution in [-0.4, -0.2) is 56.2 Å². The molecule has 0 aliphatic carbocycles. The van der Waals surface area contributed by atoms with Gasteiger partial charge >= 0.3 is 8.97 Å². The molecule has 1 saturated heterocycles. The Balaban J connectivity index is 2.24. The molecular weight excluding hydrogens is 266 g/mol. The van der Waals surface area contributed by atoms with Crippen LogP contribution in [0.2, 0.25) is 0 Å². The summed E-state index contributed by atoms with van der Waals surface area (Å²) in [4.78, 5) is 3.21. The molecule has 0 spiro atoms. The van der Waals surface area contributed by atoms with Gasteiger partial charge in [0.15, 0.2) is 0 Å². The number of hydrogen-bond acceptors (Lipinski definition) is 6. The molecule has 1 fully saturated rings. The summed E-state index contributed by atoms with van der Waals surface area (Å²) in [6.07, 6.45) is 4.26. The lowest BCUT2D eigenvalue weighted by Crippen LogP contribution is -2.57. The lowest BCUT2D eigenvalue weighted by molar-refractivity contribution is 0.0984. The minimum Gasteiger partial charge on any atom is -0.371 e. The quantitative estimate of drug-likeness (QED) is 0.429. The monoisotopic (exact) mass is 292 g/mol. The minimum atomic E-state index is -2.68. The first-order valence-corrected chi connectivity index (χ1v) is 8.41. The lowest BCUT2D eigenvalue weighted by Gasteiger charge is -2.25. The third kappa shape index (κ3) is 6.31. The summed E-state index contributed by atoms with van der Waals surface area (Å²) >= 11 is 0. The smallest absolute Gasteiger partial charge is 0.371 e. The van der Waals surface area contributed by atoms with Gasteiger partial charge in [0, 0.05) is 21.3 Å². The first kappa shape index (κ1) is 17.0. The second kappa shape index (κ2) is 9.01. The predicted molar refractivity (Wildman–Crippen MR) is 73.2 cm³/mol. The zero-order valence-electron chi connectivity index (χ0n) is 12.4. The van der Waals surface area contributed by atoms with E-state index in [0.717, 1.165) is 32.0 Å². The average molecular weight is 292 g/mol. The molecular formula is C12H26NO5Si. The van der Waals surface area contributed by atoms with E-state index < -0.39 is 8.97 Å². The normalized spacial score (nSPS) is 19.1. The third-order valence-corrected chi connectivity index (χ3v) is 5.25. The standard InChI is InChI=1S/C12H26NO5Si/c1-5-6-11(17-9-12-10-18-12)7-8-13-19(14-2,15-3)16-4/h12-13H,5-10H2,1-4H3. The average Bonchev–Trinajstić information content (AvgIpc) is 3.25. The topological polar surface area (TPSA) is 61.5 Å². The van der Waals surface area contributed by atoms with Crippen LogP contribution in [0.4, 0.5) is 0 Å². The van der Waals surface area contributed by atoms with Gasteiger partial charge in [-0.1, -0.05) is 13.3 Å². The largest absolute Gasteiger partial charge is 0.595 e. The molecule has 113 valence electrons. The van der Waals surface area contributed by atoms with Crippen molar-refractivity contribution >= 4 is 8.97 Å². The maximum absolute atomic E-state index is 5.77. The van der Waals surface area contributed by atoms with Crippen molar-refractivity contribution in [2.24, 2.45) is 0 Å². The Bertz CT molecular complexity index is 228. The van der Waals surface area contributed by atoms with Crippen LogP contribution in [0.25, 0.3) is 0 Å². The molecule has 1 radical (unpaired) electrons. The van der Waals surface area contributed by atoms with Gasteiger partial charge in [0.1, 0.15) is 6.10 Å². The van der Waals surface area contributed by atoms with Crippen molar-refractivity contribution < 1.29 is 22.8 Å². The molecule has 1 atom stereocenters. The minimum absolute atomic E-state index is 0.296. The molecule has 19 heavy (non-hydrogen) atoms. The summed E-state index contributed by atoms with van der Waals surface area (Å²) in [5, 5.41) is 0. The van der Waals surface area contributed by atoms with E-state index in [1.807, 2.05) is 0 Å². The molecule has 1 aliphatic rings. The number of nitrogens with one attached hydrogen (secondary N) is 1. The van der Waals surface area contributed by atoms with E-state index in [2.05, 4.69) is 11.9 Å². The Labute approximate surface area is 117 Å². The summed E-state index contributed by atoms with van der Waals surface area (Å²) in [6.45, 7) is 4.34. The second-order valence-corrected chi connectivity index (χ2v) is 7.09. The summed E-state index contributed by atoms with van der Waals surface area (Å²) in [5.74, 6) is 0. The highest BCUT2D eigenvalue weighted by Crippen LogP contribution is 2.19. The van der Waals surface area contributed by atoms with Crippen molar-refractivity contribution in [3.8, 4) is 0 Å². The molecule has 0 aromatic heterocycles. The summed E-state index contributed by atoms with van der Waals surface area (Å²) in [7, 11) is 2.08. The van der Waals surface area contributed by atoms with Crippen molar-refractivity contribution in [1.82, 2.24) is 4.98 Å². The fourth-order valence-corrected chi connectivity index (χ4v) is 3.11. The van der Waals surface area contributed by atoms with E-state index >= 15 is 0 Å². The van der Waals surface area contributed by atoms with Crippen LogP contribution in [0.5, 0.6) is 0 Å². The van der Waals surface area contributed by atoms with Gasteiger partial charge in [-0.2, -0.15) is 0 Å². The zero-order chi connectivity index (χ0) is 14.1. The van der Waals surface area contributed by atoms with Crippen LogP contribution in [0.3, 0.4) is 0 Å². The Hall–Kier alpha value is -0.0231. The van der Waals surface area contributed by atoms with E-state index in [-0.39, 0.29) is 0 Å². The number of epoxide rings is 1. The van der Waals surface area contributed by atoms with Crippen LogP contribution < -0.4 is 4.98 Å². The van der Waals surface area contributed by atoms with Crippen LogP contribution >= 0.6 is 0 Å². The van der Waals surface area contributed by atoms with E-state index in [4.69, 9.17) is 22.8 Å². The molecule has 1 heterocycles. The Kier molecular flexibility index (Phi) is 8.08. The van der Waals surface area contributed by atoms with Crippen molar-refractivity contribution in [3.63, 3.8) is 0 Å². The summed E-state index contributed by atoms with van der Waals surface area (Å²) in [6, 6.07) is 0. The second-order valence-electron chi connectivity index (χ2n) is 4.40. The van der Waals surface area contributed by atoms with Crippen LogP contribution in [-0.2, 0) is 22.8 Å². The Morgan fingerprint density at radius 2 is 1.84 bits per heavy atom. The van der Waals surface area contributed by atoms with Gasteiger partial charge < -0.3 is 22.8 Å². The predicted octanol–water partition coefficient (Wildman–Crippen LogP) is 1.09.